The Morgan fingerprint density at radius 2 is 1.91 bits per heavy atom. The summed E-state index contributed by atoms with van der Waals surface area (Å²) in [5, 5.41) is 11.4. The maximum atomic E-state index is 13.6. The third-order valence-corrected chi connectivity index (χ3v) is 5.84. The number of amides is 1. The zero-order chi connectivity index (χ0) is 22.4. The van der Waals surface area contributed by atoms with Crippen LogP contribution in [0.25, 0.3) is 11.0 Å². The number of benzene rings is 2. The topological polar surface area (TPSA) is 83.9 Å². The third-order valence-electron chi connectivity index (χ3n) is 5.34. The molecule has 4 aromatic rings. The summed E-state index contributed by atoms with van der Waals surface area (Å²) in [5.41, 5.74) is 0.829. The van der Waals surface area contributed by atoms with Crippen molar-refractivity contribution in [1.82, 2.24) is 4.90 Å². The lowest BCUT2D eigenvalue weighted by Gasteiger charge is -2.25. The minimum Gasteiger partial charge on any atom is -0.503 e. The summed E-state index contributed by atoms with van der Waals surface area (Å²) in [7, 11) is 0. The molecule has 1 amide bonds. The predicted molar refractivity (Wildman–Crippen MR) is 116 cm³/mol. The van der Waals surface area contributed by atoms with Crippen LogP contribution in [0.4, 0.5) is 4.39 Å². The molecule has 1 atom stereocenters. The average Bonchev–Trinajstić information content (AvgIpc) is 3.49. The van der Waals surface area contributed by atoms with Crippen molar-refractivity contribution in [2.24, 2.45) is 0 Å². The van der Waals surface area contributed by atoms with E-state index in [1.807, 2.05) is 0 Å². The number of Topliss-reactive ketones (excluding diaryl/α,β-unsaturated/α-hetero) is 1. The number of halogens is 2. The van der Waals surface area contributed by atoms with Crippen LogP contribution in [0.5, 0.6) is 0 Å². The van der Waals surface area contributed by atoms with Gasteiger partial charge < -0.3 is 18.8 Å². The van der Waals surface area contributed by atoms with Crippen LogP contribution in [-0.2, 0) is 11.3 Å². The molecule has 1 unspecified atom stereocenters. The van der Waals surface area contributed by atoms with E-state index in [0.717, 1.165) is 4.47 Å². The number of rotatable bonds is 5. The zero-order valence-electron chi connectivity index (χ0n) is 16.4. The van der Waals surface area contributed by atoms with E-state index in [2.05, 4.69) is 15.9 Å². The van der Waals surface area contributed by atoms with Crippen LogP contribution in [0.15, 0.2) is 91.6 Å². The molecule has 160 valence electrons. The summed E-state index contributed by atoms with van der Waals surface area (Å²) in [5.74, 6) is -2.02. The number of aliphatic hydroxyl groups excluding tert-OH is 1. The Morgan fingerprint density at radius 1 is 1.12 bits per heavy atom. The number of furan rings is 2. The maximum absolute atomic E-state index is 13.6. The van der Waals surface area contributed by atoms with Gasteiger partial charge in [0, 0.05) is 9.86 Å². The summed E-state index contributed by atoms with van der Waals surface area (Å²) in [6.07, 6.45) is 1.47. The second kappa shape index (κ2) is 7.80. The minimum absolute atomic E-state index is 0.0144. The first kappa shape index (κ1) is 20.3. The molecule has 0 saturated carbocycles. The molecule has 0 radical (unpaired) electrons. The number of aliphatic hydroxyl groups is 1. The van der Waals surface area contributed by atoms with E-state index < -0.39 is 29.3 Å². The molecule has 6 nitrogen and oxygen atoms in total. The molecule has 0 spiro atoms. The second-order valence-electron chi connectivity index (χ2n) is 7.35. The highest BCUT2D eigenvalue weighted by atomic mass is 79.9. The van der Waals surface area contributed by atoms with Gasteiger partial charge in [-0.05, 0) is 54.1 Å². The molecule has 0 saturated heterocycles. The van der Waals surface area contributed by atoms with Crippen molar-refractivity contribution in [3.05, 3.63) is 106 Å². The zero-order valence-corrected chi connectivity index (χ0v) is 18.0. The number of carbonyl (C=O) groups excluding carboxylic acids is 2. The summed E-state index contributed by atoms with van der Waals surface area (Å²) in [4.78, 5) is 27.7. The lowest BCUT2D eigenvalue weighted by Crippen LogP contribution is -2.30. The molecule has 0 bridgehead atoms. The van der Waals surface area contributed by atoms with Gasteiger partial charge >= 0.3 is 0 Å². The van der Waals surface area contributed by atoms with Crippen LogP contribution in [0.2, 0.25) is 0 Å². The first-order chi connectivity index (χ1) is 15.4. The molecule has 1 aliphatic rings. The molecule has 8 heteroatoms. The third kappa shape index (κ3) is 3.42. The average molecular weight is 496 g/mol. The molecular weight excluding hydrogens is 481 g/mol. The van der Waals surface area contributed by atoms with Gasteiger partial charge in [-0.1, -0.05) is 28.1 Å². The van der Waals surface area contributed by atoms with E-state index in [9.17, 15) is 19.1 Å². The van der Waals surface area contributed by atoms with Crippen molar-refractivity contribution in [3.8, 4) is 0 Å². The maximum Gasteiger partial charge on any atom is 0.290 e. The van der Waals surface area contributed by atoms with Gasteiger partial charge in [0.1, 0.15) is 17.2 Å². The van der Waals surface area contributed by atoms with Crippen molar-refractivity contribution >= 4 is 38.6 Å². The molecule has 1 aliphatic heterocycles. The number of hydrogen-bond acceptors (Lipinski definition) is 5. The normalized spacial score (nSPS) is 16.4. The van der Waals surface area contributed by atoms with Gasteiger partial charge in [0.25, 0.3) is 5.91 Å². The lowest BCUT2D eigenvalue weighted by atomic mass is 9.95. The van der Waals surface area contributed by atoms with Crippen LogP contribution < -0.4 is 0 Å². The van der Waals surface area contributed by atoms with Gasteiger partial charge in [0.05, 0.1) is 24.4 Å². The van der Waals surface area contributed by atoms with Crippen LogP contribution in [0, 0.1) is 5.82 Å². The Hall–Kier alpha value is -3.65. The van der Waals surface area contributed by atoms with Gasteiger partial charge in [-0.3, -0.25) is 9.59 Å². The summed E-state index contributed by atoms with van der Waals surface area (Å²) < 4.78 is 25.4. The van der Waals surface area contributed by atoms with Crippen molar-refractivity contribution < 1.29 is 27.9 Å². The first-order valence-corrected chi connectivity index (χ1v) is 10.5. The smallest absolute Gasteiger partial charge is 0.290 e. The van der Waals surface area contributed by atoms with Gasteiger partial charge in [0.15, 0.2) is 11.5 Å². The fourth-order valence-electron chi connectivity index (χ4n) is 3.87. The Labute approximate surface area is 189 Å². The predicted octanol–water partition coefficient (Wildman–Crippen LogP) is 5.71. The van der Waals surface area contributed by atoms with Gasteiger partial charge in [-0.2, -0.15) is 0 Å². The Balaban J connectivity index is 1.60. The van der Waals surface area contributed by atoms with Crippen LogP contribution in [0.3, 0.4) is 0 Å². The Kier molecular flexibility index (Phi) is 4.94. The van der Waals surface area contributed by atoms with Crippen molar-refractivity contribution in [3.63, 3.8) is 0 Å². The van der Waals surface area contributed by atoms with Crippen LogP contribution >= 0.6 is 15.9 Å². The molecule has 1 N–H and O–H groups in total. The highest BCUT2D eigenvalue weighted by Crippen LogP contribution is 2.40. The standard InChI is InChI=1S/C24H15BrFNO5/c25-15-5-8-18-14(10-15)11-19(32-18)22(28)20-21(13-3-6-16(26)7-4-13)27(24(30)23(20)29)12-17-2-1-9-31-17/h1-11,21,29H,12H2. The van der Waals surface area contributed by atoms with Gasteiger partial charge in [0.2, 0.25) is 5.78 Å². The number of carbonyl (C=O) groups is 2. The Morgan fingerprint density at radius 3 is 2.62 bits per heavy atom. The minimum atomic E-state index is -0.944. The van der Waals surface area contributed by atoms with Crippen molar-refractivity contribution in [2.75, 3.05) is 0 Å². The fraction of sp³-hybridized carbons (Fsp3) is 0.0833. The number of nitrogens with zero attached hydrogens (tertiary/aromatic N) is 1. The lowest BCUT2D eigenvalue weighted by molar-refractivity contribution is -0.130. The van der Waals surface area contributed by atoms with Crippen LogP contribution in [-0.4, -0.2) is 21.7 Å². The summed E-state index contributed by atoms with van der Waals surface area (Å²) >= 11 is 3.38. The molecule has 3 heterocycles. The van der Waals surface area contributed by atoms with Gasteiger partial charge in [-0.25, -0.2) is 4.39 Å². The first-order valence-electron chi connectivity index (χ1n) is 9.68. The largest absolute Gasteiger partial charge is 0.503 e. The fourth-order valence-corrected chi connectivity index (χ4v) is 4.25. The van der Waals surface area contributed by atoms with E-state index in [0.29, 0.717) is 22.3 Å². The highest BCUT2D eigenvalue weighted by Gasteiger charge is 2.44. The molecule has 0 fully saturated rings. The molecule has 5 rings (SSSR count). The number of fused-ring (bicyclic) bond motifs is 1. The van der Waals surface area contributed by atoms with E-state index in [4.69, 9.17) is 8.83 Å². The highest BCUT2D eigenvalue weighted by molar-refractivity contribution is 9.10. The molecule has 32 heavy (non-hydrogen) atoms. The van der Waals surface area contributed by atoms with Crippen molar-refractivity contribution in [2.45, 2.75) is 12.6 Å². The summed E-state index contributed by atoms with van der Waals surface area (Å²) in [6, 6.07) is 14.7. The quantitative estimate of drug-likeness (QED) is 0.358. The second-order valence-corrected chi connectivity index (χ2v) is 8.27. The van der Waals surface area contributed by atoms with Crippen molar-refractivity contribution in [1.29, 1.82) is 0 Å². The number of hydrogen-bond donors (Lipinski definition) is 1. The molecular formula is C24H15BrFNO5. The monoisotopic (exact) mass is 495 g/mol. The van der Waals surface area contributed by atoms with E-state index in [-0.39, 0.29) is 17.9 Å². The van der Waals surface area contributed by atoms with Crippen LogP contribution in [0.1, 0.15) is 27.9 Å². The van der Waals surface area contributed by atoms with E-state index in [1.165, 1.54) is 35.4 Å². The van der Waals surface area contributed by atoms with E-state index >= 15 is 0 Å². The Bertz CT molecular complexity index is 1370. The SMILES string of the molecule is O=C(C1=C(O)C(=O)N(Cc2ccco2)C1c1ccc(F)cc1)c1cc2cc(Br)ccc2o1. The van der Waals surface area contributed by atoms with Gasteiger partial charge in [-0.15, -0.1) is 0 Å². The molecule has 0 aliphatic carbocycles. The number of ketones is 1. The summed E-state index contributed by atoms with van der Waals surface area (Å²) in [6.45, 7) is 0.0157. The molecule has 2 aromatic carbocycles. The van der Waals surface area contributed by atoms with E-state index in [1.54, 1.807) is 36.4 Å². The molecule has 2 aromatic heterocycles.